The molecule has 1 aliphatic heterocycles. The summed E-state index contributed by atoms with van der Waals surface area (Å²) in [6, 6.07) is 9.46. The molecule has 1 aromatic carbocycles. The molecule has 1 aliphatic rings. The maximum atomic E-state index is 8.76. The first-order chi connectivity index (χ1) is 9.85. The first kappa shape index (κ1) is 13.2. The zero-order valence-corrected chi connectivity index (χ0v) is 11.6. The standard InChI is InChI=1S/C14H13N3O2S/c15-8-11-3-1-10(2-4-11)7-13-16-14(17-19-13)12-9-20-6-5-18-12/h1-4,12H,5-7,9H2. The van der Waals surface area contributed by atoms with Gasteiger partial charge in [0.25, 0.3) is 0 Å². The quantitative estimate of drug-likeness (QED) is 0.862. The molecule has 2 aromatic rings. The summed E-state index contributed by atoms with van der Waals surface area (Å²) in [6.07, 6.45) is 0.505. The van der Waals surface area contributed by atoms with Crippen LogP contribution in [0.3, 0.4) is 0 Å². The molecule has 0 N–H and O–H groups in total. The molecule has 1 unspecified atom stereocenters. The summed E-state index contributed by atoms with van der Waals surface area (Å²) in [5.74, 6) is 3.09. The smallest absolute Gasteiger partial charge is 0.231 e. The molecule has 0 amide bonds. The van der Waals surface area contributed by atoms with Crippen molar-refractivity contribution in [3.05, 3.63) is 47.1 Å². The lowest BCUT2D eigenvalue weighted by Crippen LogP contribution is -2.16. The number of hydrogen-bond acceptors (Lipinski definition) is 6. The highest BCUT2D eigenvalue weighted by molar-refractivity contribution is 7.99. The van der Waals surface area contributed by atoms with Gasteiger partial charge in [-0.15, -0.1) is 0 Å². The molecule has 6 heteroatoms. The van der Waals surface area contributed by atoms with Crippen LogP contribution in [0.2, 0.25) is 0 Å². The highest BCUT2D eigenvalue weighted by Crippen LogP contribution is 2.24. The molecule has 0 radical (unpaired) electrons. The van der Waals surface area contributed by atoms with Gasteiger partial charge in [0.1, 0.15) is 6.10 Å². The van der Waals surface area contributed by atoms with Gasteiger partial charge in [0.05, 0.1) is 24.7 Å². The van der Waals surface area contributed by atoms with E-state index in [4.69, 9.17) is 14.5 Å². The van der Waals surface area contributed by atoms with E-state index >= 15 is 0 Å². The molecule has 1 atom stereocenters. The molecule has 3 rings (SSSR count). The van der Waals surface area contributed by atoms with Gasteiger partial charge in [0, 0.05) is 11.5 Å². The third-order valence-corrected chi connectivity index (χ3v) is 4.02. The summed E-state index contributed by atoms with van der Waals surface area (Å²) < 4.78 is 10.9. The highest BCUT2D eigenvalue weighted by Gasteiger charge is 2.22. The van der Waals surface area contributed by atoms with E-state index in [1.807, 2.05) is 23.9 Å². The number of hydrogen-bond donors (Lipinski definition) is 0. The fraction of sp³-hybridized carbons (Fsp3) is 0.357. The Balaban J connectivity index is 1.68. The van der Waals surface area contributed by atoms with Gasteiger partial charge < -0.3 is 9.26 Å². The van der Waals surface area contributed by atoms with E-state index in [0.29, 0.717) is 23.7 Å². The zero-order valence-electron chi connectivity index (χ0n) is 10.8. The van der Waals surface area contributed by atoms with Crippen molar-refractivity contribution in [2.75, 3.05) is 18.1 Å². The van der Waals surface area contributed by atoms with Gasteiger partial charge in [-0.05, 0) is 17.7 Å². The normalized spacial score (nSPS) is 18.6. The third-order valence-electron chi connectivity index (χ3n) is 3.03. The topological polar surface area (TPSA) is 71.9 Å². The second-order valence-corrected chi connectivity index (χ2v) is 5.62. The van der Waals surface area contributed by atoms with Crippen LogP contribution in [0.5, 0.6) is 0 Å². The van der Waals surface area contributed by atoms with E-state index in [9.17, 15) is 0 Å². The third kappa shape index (κ3) is 3.00. The Labute approximate surface area is 120 Å². The van der Waals surface area contributed by atoms with Crippen molar-refractivity contribution in [1.82, 2.24) is 10.1 Å². The van der Waals surface area contributed by atoms with Gasteiger partial charge >= 0.3 is 0 Å². The van der Waals surface area contributed by atoms with Crippen LogP contribution in [0.25, 0.3) is 0 Å². The average molecular weight is 287 g/mol. The Morgan fingerprint density at radius 3 is 2.90 bits per heavy atom. The minimum atomic E-state index is -0.0628. The molecule has 1 saturated heterocycles. The van der Waals surface area contributed by atoms with E-state index in [2.05, 4.69) is 16.2 Å². The number of aromatic nitrogens is 2. The summed E-state index contributed by atoms with van der Waals surface area (Å²) in [5.41, 5.74) is 1.69. The number of benzene rings is 1. The monoisotopic (exact) mass is 287 g/mol. The van der Waals surface area contributed by atoms with Crippen LogP contribution < -0.4 is 0 Å². The van der Waals surface area contributed by atoms with Crippen molar-refractivity contribution in [2.45, 2.75) is 12.5 Å². The van der Waals surface area contributed by atoms with Crippen molar-refractivity contribution in [1.29, 1.82) is 5.26 Å². The van der Waals surface area contributed by atoms with Crippen molar-refractivity contribution in [2.24, 2.45) is 0 Å². The second kappa shape index (κ2) is 6.07. The number of nitriles is 1. The Hall–Kier alpha value is -1.84. The number of rotatable bonds is 3. The summed E-state index contributed by atoms with van der Waals surface area (Å²) >= 11 is 1.84. The fourth-order valence-corrected chi connectivity index (χ4v) is 2.82. The predicted octanol–water partition coefficient (Wildman–Crippen LogP) is 2.34. The van der Waals surface area contributed by atoms with Gasteiger partial charge in [0.15, 0.2) is 0 Å². The number of ether oxygens (including phenoxy) is 1. The molecule has 0 spiro atoms. The second-order valence-electron chi connectivity index (χ2n) is 4.47. The maximum Gasteiger partial charge on any atom is 0.231 e. The van der Waals surface area contributed by atoms with Crippen molar-refractivity contribution < 1.29 is 9.26 Å². The lowest BCUT2D eigenvalue weighted by atomic mass is 10.1. The first-order valence-electron chi connectivity index (χ1n) is 6.36. The predicted molar refractivity (Wildman–Crippen MR) is 74.3 cm³/mol. The minimum absolute atomic E-state index is 0.0628. The summed E-state index contributed by atoms with van der Waals surface area (Å²) in [4.78, 5) is 4.39. The summed E-state index contributed by atoms with van der Waals surface area (Å²) in [5, 5.41) is 12.8. The van der Waals surface area contributed by atoms with Crippen molar-refractivity contribution in [3.63, 3.8) is 0 Å². The molecular weight excluding hydrogens is 274 g/mol. The molecule has 2 heterocycles. The maximum absolute atomic E-state index is 8.76. The van der Waals surface area contributed by atoms with E-state index in [0.717, 1.165) is 23.7 Å². The van der Waals surface area contributed by atoms with Crippen LogP contribution in [-0.4, -0.2) is 28.3 Å². The van der Waals surface area contributed by atoms with E-state index in [1.165, 1.54) is 0 Å². The lowest BCUT2D eigenvalue weighted by Gasteiger charge is -2.18. The molecule has 1 fully saturated rings. The van der Waals surface area contributed by atoms with Gasteiger partial charge in [-0.2, -0.15) is 22.0 Å². The molecule has 20 heavy (non-hydrogen) atoms. The van der Waals surface area contributed by atoms with Crippen LogP contribution >= 0.6 is 11.8 Å². The number of thioether (sulfide) groups is 1. The molecule has 0 bridgehead atoms. The fourth-order valence-electron chi connectivity index (χ4n) is 1.98. The molecular formula is C14H13N3O2S. The van der Waals surface area contributed by atoms with Crippen LogP contribution in [0.4, 0.5) is 0 Å². The van der Waals surface area contributed by atoms with Crippen LogP contribution in [-0.2, 0) is 11.2 Å². The van der Waals surface area contributed by atoms with Crippen LogP contribution in [0.1, 0.15) is 28.9 Å². The first-order valence-corrected chi connectivity index (χ1v) is 7.51. The summed E-state index contributed by atoms with van der Waals surface area (Å²) in [7, 11) is 0. The van der Waals surface area contributed by atoms with Crippen LogP contribution in [0, 0.1) is 11.3 Å². The van der Waals surface area contributed by atoms with Gasteiger partial charge in [-0.3, -0.25) is 0 Å². The Bertz CT molecular complexity index is 612. The molecule has 5 nitrogen and oxygen atoms in total. The van der Waals surface area contributed by atoms with E-state index in [1.54, 1.807) is 12.1 Å². The number of nitrogens with zero attached hydrogens (tertiary/aromatic N) is 3. The Kier molecular flexibility index (Phi) is 4.00. The van der Waals surface area contributed by atoms with E-state index < -0.39 is 0 Å². The van der Waals surface area contributed by atoms with Gasteiger partial charge in [-0.1, -0.05) is 17.3 Å². The molecule has 0 aliphatic carbocycles. The highest BCUT2D eigenvalue weighted by atomic mass is 32.2. The van der Waals surface area contributed by atoms with Gasteiger partial charge in [-0.25, -0.2) is 0 Å². The van der Waals surface area contributed by atoms with Crippen molar-refractivity contribution >= 4 is 11.8 Å². The lowest BCUT2D eigenvalue weighted by molar-refractivity contribution is 0.0677. The molecule has 1 aromatic heterocycles. The van der Waals surface area contributed by atoms with Crippen LogP contribution in [0.15, 0.2) is 28.8 Å². The Morgan fingerprint density at radius 1 is 1.35 bits per heavy atom. The minimum Gasteiger partial charge on any atom is -0.368 e. The van der Waals surface area contributed by atoms with Crippen molar-refractivity contribution in [3.8, 4) is 6.07 Å². The Morgan fingerprint density at radius 2 is 2.20 bits per heavy atom. The van der Waals surface area contributed by atoms with E-state index in [-0.39, 0.29) is 6.10 Å². The molecule has 0 saturated carbocycles. The SMILES string of the molecule is N#Cc1ccc(Cc2nc(C3CSCCO3)no2)cc1. The average Bonchev–Trinajstić information content (AvgIpc) is 2.97. The zero-order chi connectivity index (χ0) is 13.8. The van der Waals surface area contributed by atoms with Gasteiger partial charge in [0.2, 0.25) is 11.7 Å². The molecule has 102 valence electrons. The largest absolute Gasteiger partial charge is 0.368 e. The summed E-state index contributed by atoms with van der Waals surface area (Å²) in [6.45, 7) is 0.731.